The second-order valence-electron chi connectivity index (χ2n) is 4.43. The smallest absolute Gasteiger partial charge is 0.229 e. The van der Waals surface area contributed by atoms with Crippen molar-refractivity contribution in [2.24, 2.45) is 0 Å². The van der Waals surface area contributed by atoms with Crippen molar-refractivity contribution >= 4 is 11.8 Å². The molecular formula is C11H19NO3. The molecular weight excluding hydrogens is 194 g/mol. The summed E-state index contributed by atoms with van der Waals surface area (Å²) < 4.78 is 0. The summed E-state index contributed by atoms with van der Waals surface area (Å²) >= 11 is 0. The van der Waals surface area contributed by atoms with E-state index in [1.165, 1.54) is 4.90 Å². The first kappa shape index (κ1) is 12.2. The SMILES string of the molecule is CCC(C)(O)CN1C(=O)CCCCC1=O. The fourth-order valence-corrected chi connectivity index (χ4v) is 1.59. The van der Waals surface area contributed by atoms with Gasteiger partial charge in [-0.3, -0.25) is 14.5 Å². The van der Waals surface area contributed by atoms with Gasteiger partial charge < -0.3 is 5.11 Å². The van der Waals surface area contributed by atoms with Gasteiger partial charge in [-0.05, 0) is 26.2 Å². The summed E-state index contributed by atoms with van der Waals surface area (Å²) in [6, 6.07) is 0. The molecule has 1 fully saturated rings. The van der Waals surface area contributed by atoms with Gasteiger partial charge in [-0.2, -0.15) is 0 Å². The third-order valence-corrected chi connectivity index (χ3v) is 2.89. The van der Waals surface area contributed by atoms with Crippen LogP contribution < -0.4 is 0 Å². The molecule has 1 N–H and O–H groups in total. The second kappa shape index (κ2) is 4.75. The summed E-state index contributed by atoms with van der Waals surface area (Å²) in [5.41, 5.74) is -0.963. The number of rotatable bonds is 3. The van der Waals surface area contributed by atoms with E-state index in [1.54, 1.807) is 6.92 Å². The first-order valence-electron chi connectivity index (χ1n) is 5.52. The highest BCUT2D eigenvalue weighted by molar-refractivity contribution is 5.96. The second-order valence-corrected chi connectivity index (χ2v) is 4.43. The number of imide groups is 1. The van der Waals surface area contributed by atoms with Gasteiger partial charge in [0.1, 0.15) is 0 Å². The van der Waals surface area contributed by atoms with Gasteiger partial charge in [-0.15, -0.1) is 0 Å². The van der Waals surface area contributed by atoms with Crippen LogP contribution >= 0.6 is 0 Å². The number of β-amino-alcohol motifs (C(OH)–C–C–N with tert-alkyl or cyclic N) is 1. The van der Waals surface area contributed by atoms with Gasteiger partial charge in [0.15, 0.2) is 0 Å². The maximum atomic E-state index is 11.6. The van der Waals surface area contributed by atoms with Crippen molar-refractivity contribution in [3.8, 4) is 0 Å². The van der Waals surface area contributed by atoms with E-state index in [2.05, 4.69) is 0 Å². The Hall–Kier alpha value is -0.900. The van der Waals surface area contributed by atoms with Crippen molar-refractivity contribution in [1.82, 2.24) is 4.90 Å². The Morgan fingerprint density at radius 2 is 1.73 bits per heavy atom. The molecule has 1 saturated heterocycles. The number of aliphatic hydroxyl groups is 1. The molecule has 1 heterocycles. The molecule has 0 spiro atoms. The Bertz CT molecular complexity index is 243. The van der Waals surface area contributed by atoms with Gasteiger partial charge in [-0.1, -0.05) is 6.92 Å². The van der Waals surface area contributed by atoms with Gasteiger partial charge in [-0.25, -0.2) is 0 Å². The topological polar surface area (TPSA) is 57.6 Å². The highest BCUT2D eigenvalue weighted by Crippen LogP contribution is 2.17. The summed E-state index contributed by atoms with van der Waals surface area (Å²) in [7, 11) is 0. The van der Waals surface area contributed by atoms with Crippen LogP contribution in [0.2, 0.25) is 0 Å². The number of amides is 2. The Balaban J connectivity index is 2.71. The van der Waals surface area contributed by atoms with E-state index < -0.39 is 5.60 Å². The lowest BCUT2D eigenvalue weighted by Crippen LogP contribution is -2.45. The first-order chi connectivity index (χ1) is 6.96. The molecule has 0 aromatic carbocycles. The van der Waals surface area contributed by atoms with Crippen molar-refractivity contribution in [1.29, 1.82) is 0 Å². The van der Waals surface area contributed by atoms with E-state index in [1.807, 2.05) is 6.92 Å². The zero-order valence-corrected chi connectivity index (χ0v) is 9.45. The van der Waals surface area contributed by atoms with Crippen molar-refractivity contribution in [3.63, 3.8) is 0 Å². The molecule has 0 radical (unpaired) electrons. The molecule has 1 aliphatic heterocycles. The summed E-state index contributed by atoms with van der Waals surface area (Å²) in [6.07, 6.45) is 2.92. The summed E-state index contributed by atoms with van der Waals surface area (Å²) in [5, 5.41) is 9.86. The Kier molecular flexibility index (Phi) is 3.85. The van der Waals surface area contributed by atoms with Crippen LogP contribution in [0.5, 0.6) is 0 Å². The molecule has 86 valence electrons. The van der Waals surface area contributed by atoms with E-state index in [9.17, 15) is 14.7 Å². The van der Waals surface area contributed by atoms with Crippen LogP contribution in [0.1, 0.15) is 46.0 Å². The van der Waals surface area contributed by atoms with Crippen molar-refractivity contribution in [2.75, 3.05) is 6.54 Å². The van der Waals surface area contributed by atoms with Crippen LogP contribution in [0.4, 0.5) is 0 Å². The third-order valence-electron chi connectivity index (χ3n) is 2.89. The molecule has 15 heavy (non-hydrogen) atoms. The zero-order chi connectivity index (χ0) is 11.5. The Morgan fingerprint density at radius 1 is 1.27 bits per heavy atom. The summed E-state index contributed by atoms with van der Waals surface area (Å²) in [4.78, 5) is 24.4. The molecule has 1 rings (SSSR count). The average Bonchev–Trinajstić information content (AvgIpc) is 2.33. The lowest BCUT2D eigenvalue weighted by molar-refractivity contribution is -0.147. The molecule has 1 unspecified atom stereocenters. The maximum absolute atomic E-state index is 11.6. The molecule has 0 aromatic rings. The van der Waals surface area contributed by atoms with E-state index in [4.69, 9.17) is 0 Å². The number of nitrogens with zero attached hydrogens (tertiary/aromatic N) is 1. The van der Waals surface area contributed by atoms with Gasteiger partial charge in [0.05, 0.1) is 12.1 Å². The van der Waals surface area contributed by atoms with E-state index in [0.29, 0.717) is 19.3 Å². The van der Waals surface area contributed by atoms with Crippen LogP contribution in [-0.2, 0) is 9.59 Å². The fraction of sp³-hybridized carbons (Fsp3) is 0.818. The van der Waals surface area contributed by atoms with Crippen LogP contribution in [0.25, 0.3) is 0 Å². The van der Waals surface area contributed by atoms with Crippen LogP contribution in [0, 0.1) is 0 Å². The normalized spacial score (nSPS) is 22.5. The quantitative estimate of drug-likeness (QED) is 0.714. The van der Waals surface area contributed by atoms with Gasteiger partial charge in [0, 0.05) is 12.8 Å². The van der Waals surface area contributed by atoms with Gasteiger partial charge in [0.2, 0.25) is 11.8 Å². The molecule has 0 aliphatic carbocycles. The van der Waals surface area contributed by atoms with E-state index in [-0.39, 0.29) is 18.4 Å². The van der Waals surface area contributed by atoms with Crippen molar-refractivity contribution in [3.05, 3.63) is 0 Å². The highest BCUT2D eigenvalue weighted by Gasteiger charge is 2.30. The number of carbonyl (C=O) groups excluding carboxylic acids is 2. The maximum Gasteiger partial charge on any atom is 0.229 e. The molecule has 0 aromatic heterocycles. The number of likely N-dealkylation sites (tertiary alicyclic amines) is 1. The minimum atomic E-state index is -0.963. The van der Waals surface area contributed by atoms with Crippen LogP contribution in [0.3, 0.4) is 0 Å². The molecule has 1 aliphatic rings. The molecule has 4 heteroatoms. The van der Waals surface area contributed by atoms with E-state index in [0.717, 1.165) is 12.8 Å². The molecule has 1 atom stereocenters. The van der Waals surface area contributed by atoms with Gasteiger partial charge >= 0.3 is 0 Å². The minimum Gasteiger partial charge on any atom is -0.388 e. The minimum absolute atomic E-state index is 0.126. The third kappa shape index (κ3) is 3.30. The predicted octanol–water partition coefficient (Wildman–Crippen LogP) is 1.08. The number of hydrogen-bond donors (Lipinski definition) is 1. The monoisotopic (exact) mass is 213 g/mol. The average molecular weight is 213 g/mol. The Labute approximate surface area is 90.3 Å². The first-order valence-corrected chi connectivity index (χ1v) is 5.52. The molecule has 4 nitrogen and oxygen atoms in total. The highest BCUT2D eigenvalue weighted by atomic mass is 16.3. The fourth-order valence-electron chi connectivity index (χ4n) is 1.59. The van der Waals surface area contributed by atoms with Crippen molar-refractivity contribution in [2.45, 2.75) is 51.6 Å². The zero-order valence-electron chi connectivity index (χ0n) is 9.45. The van der Waals surface area contributed by atoms with E-state index >= 15 is 0 Å². The van der Waals surface area contributed by atoms with Crippen LogP contribution in [0.15, 0.2) is 0 Å². The van der Waals surface area contributed by atoms with Crippen LogP contribution in [-0.4, -0.2) is 34.0 Å². The molecule has 0 bridgehead atoms. The largest absolute Gasteiger partial charge is 0.388 e. The number of hydrogen-bond acceptors (Lipinski definition) is 3. The number of carbonyl (C=O) groups is 2. The molecule has 0 saturated carbocycles. The van der Waals surface area contributed by atoms with Gasteiger partial charge in [0.25, 0.3) is 0 Å². The summed E-state index contributed by atoms with van der Waals surface area (Å²) in [6.45, 7) is 3.62. The standard InChI is InChI=1S/C11H19NO3/c1-3-11(2,15)8-12-9(13)6-4-5-7-10(12)14/h15H,3-8H2,1-2H3. The lowest BCUT2D eigenvalue weighted by Gasteiger charge is -2.28. The Morgan fingerprint density at radius 3 is 2.13 bits per heavy atom. The lowest BCUT2D eigenvalue weighted by atomic mass is 10.0. The summed E-state index contributed by atoms with van der Waals surface area (Å²) in [5.74, 6) is -0.294. The molecule has 2 amide bonds. The van der Waals surface area contributed by atoms with Crippen molar-refractivity contribution < 1.29 is 14.7 Å². The predicted molar refractivity (Wildman–Crippen MR) is 56.1 cm³/mol.